The van der Waals surface area contributed by atoms with Gasteiger partial charge in [0.2, 0.25) is 17.9 Å². The van der Waals surface area contributed by atoms with Gasteiger partial charge in [0, 0.05) is 49.0 Å². The highest BCUT2D eigenvalue weighted by molar-refractivity contribution is 7.09. The van der Waals surface area contributed by atoms with Crippen LogP contribution in [0.15, 0.2) is 61.1 Å². The molecule has 3 heterocycles. The topological polar surface area (TPSA) is 86.1 Å². The summed E-state index contributed by atoms with van der Waals surface area (Å²) in [5.41, 5.74) is 1.08. The van der Waals surface area contributed by atoms with Crippen molar-refractivity contribution >= 4 is 16.7 Å². The smallest absolute Gasteiger partial charge is 0.248 e. The van der Waals surface area contributed by atoms with Crippen LogP contribution in [0.4, 0.5) is 5.13 Å². The molecule has 0 saturated heterocycles. The summed E-state index contributed by atoms with van der Waals surface area (Å²) in [5, 5.41) is 7.87. The Morgan fingerprint density at radius 2 is 2.17 bits per heavy atom. The maximum Gasteiger partial charge on any atom is 0.248 e. The van der Waals surface area contributed by atoms with Gasteiger partial charge in [-0.3, -0.25) is 4.57 Å². The molecule has 1 unspecified atom stereocenters. The molecule has 2 aromatic heterocycles. The predicted molar refractivity (Wildman–Crippen MR) is 112 cm³/mol. The number of hydrogen-bond donors (Lipinski definition) is 2. The molecule has 29 heavy (non-hydrogen) atoms. The van der Waals surface area contributed by atoms with Crippen LogP contribution in [0.2, 0.25) is 0 Å². The fourth-order valence-electron chi connectivity index (χ4n) is 3.11. The summed E-state index contributed by atoms with van der Waals surface area (Å²) in [7, 11) is 0. The molecule has 0 saturated carbocycles. The Labute approximate surface area is 173 Å². The zero-order chi connectivity index (χ0) is 19.9. The van der Waals surface area contributed by atoms with Crippen molar-refractivity contribution in [2.24, 2.45) is 0 Å². The molecule has 152 valence electrons. The van der Waals surface area contributed by atoms with Gasteiger partial charge in [0.15, 0.2) is 0 Å². The highest BCUT2D eigenvalue weighted by Gasteiger charge is 2.27. The van der Waals surface area contributed by atoms with Crippen molar-refractivity contribution in [1.82, 2.24) is 24.2 Å². The quantitative estimate of drug-likeness (QED) is 0.528. The molecule has 0 aliphatic carbocycles. The average Bonchev–Trinajstić information content (AvgIpc) is 3.50. The van der Waals surface area contributed by atoms with Gasteiger partial charge in [-0.2, -0.15) is 9.36 Å². The Hall–Kier alpha value is -2.91. The van der Waals surface area contributed by atoms with Crippen molar-refractivity contribution in [3.63, 3.8) is 0 Å². The average molecular weight is 413 g/mol. The molecule has 9 heteroatoms. The summed E-state index contributed by atoms with van der Waals surface area (Å²) in [6, 6.07) is 10.4. The summed E-state index contributed by atoms with van der Waals surface area (Å²) in [4.78, 5) is 8.54. The number of benzene rings is 1. The van der Waals surface area contributed by atoms with E-state index in [1.54, 1.807) is 23.4 Å². The van der Waals surface area contributed by atoms with E-state index in [1.165, 1.54) is 17.1 Å². The Morgan fingerprint density at radius 3 is 2.93 bits per heavy atom. The largest absolute Gasteiger partial charge is 0.462 e. The molecular formula is C20H24N6O2S. The number of aromatic nitrogens is 4. The van der Waals surface area contributed by atoms with Gasteiger partial charge in [0.05, 0.1) is 0 Å². The van der Waals surface area contributed by atoms with Crippen LogP contribution in [0.25, 0.3) is 5.95 Å². The summed E-state index contributed by atoms with van der Waals surface area (Å²) in [6.07, 6.45) is 8.56. The van der Waals surface area contributed by atoms with Crippen molar-refractivity contribution in [2.45, 2.75) is 31.8 Å². The maximum atomic E-state index is 5.56. The third kappa shape index (κ3) is 5.33. The van der Waals surface area contributed by atoms with E-state index in [-0.39, 0.29) is 5.54 Å². The number of rotatable bonds is 10. The van der Waals surface area contributed by atoms with E-state index in [1.807, 2.05) is 12.3 Å². The van der Waals surface area contributed by atoms with E-state index in [0.29, 0.717) is 12.7 Å². The Morgan fingerprint density at radius 1 is 1.28 bits per heavy atom. The molecule has 0 bridgehead atoms. The van der Waals surface area contributed by atoms with E-state index in [0.717, 1.165) is 36.8 Å². The maximum absolute atomic E-state index is 5.56. The van der Waals surface area contributed by atoms with Crippen LogP contribution in [0.3, 0.4) is 0 Å². The van der Waals surface area contributed by atoms with Crippen LogP contribution < -0.4 is 10.6 Å². The first kappa shape index (κ1) is 19.4. The molecule has 0 spiro atoms. The highest BCUT2D eigenvalue weighted by Crippen LogP contribution is 2.25. The van der Waals surface area contributed by atoms with Crippen molar-refractivity contribution < 1.29 is 9.47 Å². The summed E-state index contributed by atoms with van der Waals surface area (Å²) < 4.78 is 16.9. The lowest BCUT2D eigenvalue weighted by atomic mass is 9.92. The third-order valence-corrected chi connectivity index (χ3v) is 5.42. The van der Waals surface area contributed by atoms with E-state index < -0.39 is 0 Å². The van der Waals surface area contributed by atoms with Crippen LogP contribution in [-0.2, 0) is 16.0 Å². The van der Waals surface area contributed by atoms with Gasteiger partial charge in [-0.15, -0.1) is 0 Å². The normalized spacial score (nSPS) is 15.3. The first-order valence-corrected chi connectivity index (χ1v) is 10.3. The molecule has 2 N–H and O–H groups in total. The van der Waals surface area contributed by atoms with Crippen LogP contribution >= 0.6 is 11.5 Å². The highest BCUT2D eigenvalue weighted by atomic mass is 32.1. The first-order valence-electron chi connectivity index (χ1n) is 9.49. The number of hydrogen-bond acceptors (Lipinski definition) is 8. The Balaban J connectivity index is 1.35. The number of imidazole rings is 1. The molecule has 1 aliphatic heterocycles. The minimum Gasteiger partial charge on any atom is -0.462 e. The second-order valence-corrected chi connectivity index (χ2v) is 7.89. The van der Waals surface area contributed by atoms with Gasteiger partial charge in [0.25, 0.3) is 0 Å². The lowest BCUT2D eigenvalue weighted by molar-refractivity contribution is 0.0731. The van der Waals surface area contributed by atoms with Gasteiger partial charge in [-0.1, -0.05) is 30.3 Å². The third-order valence-electron chi connectivity index (χ3n) is 4.76. The van der Waals surface area contributed by atoms with Gasteiger partial charge in [-0.05, 0) is 18.9 Å². The monoisotopic (exact) mass is 412 g/mol. The fraction of sp³-hybridized carbons (Fsp3) is 0.350. The first-order chi connectivity index (χ1) is 14.2. The molecule has 1 atom stereocenters. The summed E-state index contributed by atoms with van der Waals surface area (Å²) >= 11 is 1.34. The SMILES string of the molecule is CC(CCNc1nc(-n2ccnc2)ns1)(CC1=COCO1)NCc1ccccc1. The molecular weight excluding hydrogens is 388 g/mol. The lowest BCUT2D eigenvalue weighted by Gasteiger charge is -2.31. The minimum absolute atomic E-state index is 0.166. The minimum atomic E-state index is -0.166. The van der Waals surface area contributed by atoms with Gasteiger partial charge in [0.1, 0.15) is 18.3 Å². The lowest BCUT2D eigenvalue weighted by Crippen LogP contribution is -2.43. The summed E-state index contributed by atoms with van der Waals surface area (Å²) in [6.45, 7) is 4.04. The van der Waals surface area contributed by atoms with Crippen molar-refractivity contribution in [3.8, 4) is 5.95 Å². The predicted octanol–water partition coefficient (Wildman–Crippen LogP) is 3.31. The van der Waals surface area contributed by atoms with Crippen molar-refractivity contribution in [3.05, 3.63) is 66.6 Å². The van der Waals surface area contributed by atoms with Crippen LogP contribution in [0.5, 0.6) is 0 Å². The Kier molecular flexibility index (Phi) is 6.06. The molecule has 0 amide bonds. The summed E-state index contributed by atoms with van der Waals surface area (Å²) in [5.74, 6) is 1.49. The molecule has 8 nitrogen and oxygen atoms in total. The molecule has 1 aromatic carbocycles. The number of nitrogens with zero attached hydrogens (tertiary/aromatic N) is 4. The van der Waals surface area contributed by atoms with E-state index in [4.69, 9.17) is 9.47 Å². The second kappa shape index (κ2) is 9.06. The fourth-order valence-corrected chi connectivity index (χ4v) is 3.71. The van der Waals surface area contributed by atoms with Crippen LogP contribution in [0.1, 0.15) is 25.3 Å². The van der Waals surface area contributed by atoms with Gasteiger partial charge >= 0.3 is 0 Å². The van der Waals surface area contributed by atoms with Crippen molar-refractivity contribution in [2.75, 3.05) is 18.7 Å². The van der Waals surface area contributed by atoms with E-state index in [9.17, 15) is 0 Å². The van der Waals surface area contributed by atoms with Crippen LogP contribution in [0, 0.1) is 0 Å². The number of ether oxygens (including phenoxy) is 2. The standard InChI is InChI=1S/C20H24N6O2S/c1-20(11-17-13-27-15-28-17,23-12-16-5-3-2-4-6-16)7-8-22-19-24-18(25-29-19)26-10-9-21-14-26/h2-6,9-10,13-14,23H,7-8,11-12,15H2,1H3,(H,22,24,25). The molecule has 0 radical (unpaired) electrons. The van der Waals surface area contributed by atoms with Gasteiger partial charge < -0.3 is 20.1 Å². The molecule has 4 rings (SSSR count). The second-order valence-electron chi connectivity index (χ2n) is 7.14. The van der Waals surface area contributed by atoms with Crippen molar-refractivity contribution in [1.29, 1.82) is 0 Å². The van der Waals surface area contributed by atoms with E-state index >= 15 is 0 Å². The van der Waals surface area contributed by atoms with Gasteiger partial charge in [-0.25, -0.2) is 4.98 Å². The molecule has 3 aromatic rings. The Bertz CT molecular complexity index is 928. The van der Waals surface area contributed by atoms with Crippen LogP contribution in [-0.4, -0.2) is 37.8 Å². The zero-order valence-corrected chi connectivity index (χ0v) is 17.1. The molecule has 0 fully saturated rings. The zero-order valence-electron chi connectivity index (χ0n) is 16.2. The number of anilines is 1. The molecule has 1 aliphatic rings. The van der Waals surface area contributed by atoms with E-state index in [2.05, 4.69) is 56.2 Å². The number of nitrogens with one attached hydrogen (secondary N) is 2.